The lowest BCUT2D eigenvalue weighted by Gasteiger charge is -2.16. The van der Waals surface area contributed by atoms with Gasteiger partial charge in [-0.25, -0.2) is 9.97 Å². The fourth-order valence-electron chi connectivity index (χ4n) is 4.51. The van der Waals surface area contributed by atoms with Crippen molar-refractivity contribution in [1.29, 1.82) is 0 Å². The van der Waals surface area contributed by atoms with Gasteiger partial charge in [0, 0.05) is 69.2 Å². The van der Waals surface area contributed by atoms with Crippen molar-refractivity contribution >= 4 is 111 Å². The van der Waals surface area contributed by atoms with E-state index in [0.29, 0.717) is 5.52 Å². The van der Waals surface area contributed by atoms with E-state index in [-0.39, 0.29) is 33.7 Å². The molecule has 42 heteroatoms. The van der Waals surface area contributed by atoms with Crippen molar-refractivity contribution in [3.63, 3.8) is 0 Å². The number of carboxylic acid groups (broad SMARTS) is 10. The number of nitrogens with zero attached hydrogens (tertiary/aromatic N) is 9. The third-order valence-corrected chi connectivity index (χ3v) is 6.77. The molecule has 2 aliphatic rings. The summed E-state index contributed by atoms with van der Waals surface area (Å²) in [6, 6.07) is 0. The molecule has 2 saturated heterocycles. The maximum Gasteiger partial charge on any atom is 0.473 e. The van der Waals surface area contributed by atoms with E-state index in [2.05, 4.69) is 29.9 Å². The van der Waals surface area contributed by atoms with Crippen LogP contribution in [0.25, 0.3) is 22.3 Å². The number of carbonyl (C=O) groups is 10. The van der Waals surface area contributed by atoms with Crippen molar-refractivity contribution in [2.24, 2.45) is 0 Å². The van der Waals surface area contributed by atoms with Crippen molar-refractivity contribution < 1.29 is 144 Å². The number of aliphatic carboxylic acids is 10. The van der Waals surface area contributed by atoms with Gasteiger partial charge in [-0.1, -0.05) is 0 Å². The van der Waals surface area contributed by atoms with Crippen LogP contribution >= 0.6 is 11.6 Å². The first kappa shape index (κ1) is 84.1. The topological polar surface area (TPSA) is 695 Å². The predicted molar refractivity (Wildman–Crippen MR) is 270 cm³/mol. The number of aromatic nitrogens is 8. The zero-order chi connectivity index (χ0) is 66.2. The number of fused-ring (bicyclic) bond motifs is 2. The Morgan fingerprint density at radius 2 is 0.720 bits per heavy atom. The number of carboxylic acids is 10. The molecular weight excluding hydrogens is 1150 g/mol. The Balaban J connectivity index is -0.000000216. The molecule has 0 radical (unpaired) electrons. The van der Waals surface area contributed by atoms with Gasteiger partial charge in [-0.3, -0.25) is 57.1 Å². The summed E-state index contributed by atoms with van der Waals surface area (Å²) >= 11 is 5.74. The van der Waals surface area contributed by atoms with Crippen LogP contribution in [0.5, 0.6) is 0 Å². The summed E-state index contributed by atoms with van der Waals surface area (Å²) in [5.74, 6) is -9.15. The molecule has 0 spiro atoms. The smallest absolute Gasteiger partial charge is 0.473 e. The Hall–Kier alpha value is -9.23. The average molecular weight is 1210 g/mol. The maximum atomic E-state index is 10.8. The SMILES string of the molecule is CC(=O)O.CC(=O)O.CC(=O)O.CC(=O)O.CC(=O)O.CC(=O)O.CC(=O)O.CC(=O)O.CC(=O)O.CC(=O)O.Nc1nc(Cl)nc2c1ncn2[C@@H]1O[C@H](CO)[C@@H](O)[C@H]1O.Nc1nc([N+](=O)[O-])nc2c1ncn2[C@@H]1O[C@H](CO)[C@@H](O)[C@H]1O. The van der Waals surface area contributed by atoms with Crippen molar-refractivity contribution in [2.45, 2.75) is 118 Å². The predicted octanol–water partition coefficient (Wildman–Crippen LogP) is -2.49. The maximum absolute atomic E-state index is 10.8. The number of halogens is 1. The number of aliphatic hydroxyl groups excluding tert-OH is 6. The molecule has 0 saturated carbocycles. The first-order chi connectivity index (χ1) is 37.3. The molecule has 0 amide bonds. The number of imidazole rings is 2. The van der Waals surface area contributed by atoms with Crippen LogP contribution in [-0.2, 0) is 57.4 Å². The number of nitro groups is 1. The summed E-state index contributed by atoms with van der Waals surface area (Å²) in [6.45, 7) is 9.91. The van der Waals surface area contributed by atoms with Crippen LogP contribution in [0, 0.1) is 10.1 Å². The van der Waals surface area contributed by atoms with Crippen molar-refractivity contribution in [1.82, 2.24) is 39.0 Å². The van der Waals surface area contributed by atoms with Crippen LogP contribution in [0.15, 0.2) is 12.7 Å². The van der Waals surface area contributed by atoms with E-state index < -0.39 is 133 Å². The van der Waals surface area contributed by atoms with Gasteiger partial charge in [0.1, 0.15) is 48.5 Å². The number of hydrogen-bond donors (Lipinski definition) is 18. The fourth-order valence-corrected chi connectivity index (χ4v) is 4.68. The van der Waals surface area contributed by atoms with E-state index >= 15 is 0 Å². The van der Waals surface area contributed by atoms with Gasteiger partial charge in [0.15, 0.2) is 29.4 Å². The van der Waals surface area contributed by atoms with Gasteiger partial charge in [0.05, 0.1) is 19.5 Å². The monoisotopic (exact) mass is 1210 g/mol. The van der Waals surface area contributed by atoms with E-state index in [1.165, 1.54) is 21.8 Å². The highest BCUT2D eigenvalue weighted by Gasteiger charge is 2.45. The van der Waals surface area contributed by atoms with Gasteiger partial charge in [-0.05, 0) is 26.5 Å². The molecule has 2 aliphatic heterocycles. The third-order valence-electron chi connectivity index (χ3n) is 6.60. The normalized spacial score (nSPS) is 18.0. The minimum Gasteiger partial charge on any atom is -0.481 e. The second kappa shape index (κ2) is 44.6. The van der Waals surface area contributed by atoms with Gasteiger partial charge < -0.3 is 113 Å². The Morgan fingerprint density at radius 3 is 0.939 bits per heavy atom. The Kier molecular flexibility index (Phi) is 45.7. The highest BCUT2D eigenvalue weighted by molar-refractivity contribution is 6.28. The van der Waals surface area contributed by atoms with Gasteiger partial charge in [-0.2, -0.15) is 9.97 Å². The molecule has 41 nitrogen and oxygen atoms in total. The second-order valence-electron chi connectivity index (χ2n) is 14.3. The molecule has 82 heavy (non-hydrogen) atoms. The van der Waals surface area contributed by atoms with Crippen LogP contribution < -0.4 is 11.5 Å². The van der Waals surface area contributed by atoms with E-state index in [4.69, 9.17) is 142 Å². The summed E-state index contributed by atoms with van der Waals surface area (Å²) in [4.78, 5) is 123. The number of nitrogen functional groups attached to an aromatic ring is 2. The largest absolute Gasteiger partial charge is 0.481 e. The molecule has 0 aliphatic carbocycles. The fraction of sp³-hybridized carbons (Fsp3) is 0.500. The van der Waals surface area contributed by atoms with Crippen LogP contribution in [0.4, 0.5) is 17.6 Å². The molecule has 0 bridgehead atoms. The van der Waals surface area contributed by atoms with E-state index in [1.807, 2.05) is 0 Å². The third kappa shape index (κ3) is 43.7. The van der Waals surface area contributed by atoms with Gasteiger partial charge in [-0.15, -0.1) is 0 Å². The minimum atomic E-state index is -1.37. The molecular formula is C40H64ClN11O30. The van der Waals surface area contributed by atoms with Crippen LogP contribution in [-0.4, -0.2) is 235 Å². The van der Waals surface area contributed by atoms with E-state index in [1.54, 1.807) is 0 Å². The molecule has 466 valence electrons. The molecule has 0 unspecified atom stereocenters. The summed E-state index contributed by atoms with van der Waals surface area (Å²) in [7, 11) is 0. The molecule has 8 atom stereocenters. The highest BCUT2D eigenvalue weighted by atomic mass is 35.5. The first-order valence-corrected chi connectivity index (χ1v) is 21.7. The molecule has 6 heterocycles. The number of aliphatic hydroxyl groups is 6. The van der Waals surface area contributed by atoms with Crippen LogP contribution in [0.1, 0.15) is 81.7 Å². The van der Waals surface area contributed by atoms with Crippen LogP contribution in [0.2, 0.25) is 5.28 Å². The lowest BCUT2D eigenvalue weighted by Crippen LogP contribution is -2.33. The molecule has 0 aromatic carbocycles. The molecule has 20 N–H and O–H groups in total. The van der Waals surface area contributed by atoms with E-state index in [9.17, 15) is 30.5 Å². The number of anilines is 2. The second-order valence-corrected chi connectivity index (χ2v) is 14.7. The lowest BCUT2D eigenvalue weighted by atomic mass is 10.1. The van der Waals surface area contributed by atoms with Crippen molar-refractivity contribution in [3.8, 4) is 0 Å². The zero-order valence-electron chi connectivity index (χ0n) is 44.6. The lowest BCUT2D eigenvalue weighted by molar-refractivity contribution is -0.394. The van der Waals surface area contributed by atoms with Crippen molar-refractivity contribution in [2.75, 3.05) is 24.7 Å². The summed E-state index contributed by atoms with van der Waals surface area (Å²) in [5.41, 5.74) is 11.9. The highest BCUT2D eigenvalue weighted by Crippen LogP contribution is 2.33. The summed E-state index contributed by atoms with van der Waals surface area (Å²) in [5, 5.41) is 143. The van der Waals surface area contributed by atoms with Gasteiger partial charge >= 0.3 is 5.95 Å². The number of hydrogen-bond acceptors (Lipinski definition) is 28. The first-order valence-electron chi connectivity index (χ1n) is 21.3. The van der Waals surface area contributed by atoms with Crippen molar-refractivity contribution in [3.05, 3.63) is 28.1 Å². The molecule has 4 aromatic heterocycles. The summed E-state index contributed by atoms with van der Waals surface area (Å²) in [6.07, 6.45) is -6.52. The molecule has 4 aromatic rings. The Bertz CT molecular complexity index is 2430. The van der Waals surface area contributed by atoms with Gasteiger partial charge in [0.25, 0.3) is 59.7 Å². The number of rotatable bonds is 5. The number of nitrogens with two attached hydrogens (primary N) is 2. The van der Waals surface area contributed by atoms with E-state index in [0.717, 1.165) is 69.2 Å². The molecule has 2 fully saturated rings. The zero-order valence-corrected chi connectivity index (χ0v) is 45.4. The van der Waals surface area contributed by atoms with Gasteiger partial charge in [0.2, 0.25) is 16.7 Å². The average Bonchev–Trinajstić information content (AvgIpc) is 4.03. The summed E-state index contributed by atoms with van der Waals surface area (Å²) < 4.78 is 13.3. The van der Waals surface area contributed by atoms with Crippen LogP contribution in [0.3, 0.4) is 0 Å². The molecule has 6 rings (SSSR count). The minimum absolute atomic E-state index is 0.0194. The quantitative estimate of drug-likeness (QED) is 0.0558. The Labute approximate surface area is 464 Å². The standard InChI is InChI=1S/C10H12ClN5O4.C10H12N6O6.10C2H4O2/c11-10-14-7(12)4-8(15-10)16(2-13-4)9-6(19)5(18)3(1-17)20-9;11-7-4-8(14-10(13-7)16(20)21)15(2-12-4)9-6(19)5(18)3(1-17)22-9;10*1-2(3)4/h2-3,5-6,9,17-19H,1H2,(H2,12,14,15);2-3,5-6,9,17-19H,1H2,(H2,11,13,14);10*1H3,(H,3,4)/t2*3-,5-,6-,9-;;;;;;;;;;/m11........../s1. The Morgan fingerprint density at radius 1 is 0.488 bits per heavy atom. The number of ether oxygens (including phenoxy) is 2.